The van der Waals surface area contributed by atoms with Gasteiger partial charge in [-0.05, 0) is 36.6 Å². The highest BCUT2D eigenvalue weighted by Gasteiger charge is 2.46. The van der Waals surface area contributed by atoms with Crippen molar-refractivity contribution in [3.05, 3.63) is 36.2 Å². The molecule has 120 valence electrons. The van der Waals surface area contributed by atoms with Gasteiger partial charge in [0.1, 0.15) is 0 Å². The summed E-state index contributed by atoms with van der Waals surface area (Å²) in [5, 5.41) is 10.2. The molecule has 22 heavy (non-hydrogen) atoms. The summed E-state index contributed by atoms with van der Waals surface area (Å²) in [6, 6.07) is 6.87. The summed E-state index contributed by atoms with van der Waals surface area (Å²) in [7, 11) is 0. The Morgan fingerprint density at radius 3 is 2.55 bits per heavy atom. The number of benzene rings is 1. The van der Waals surface area contributed by atoms with Crippen molar-refractivity contribution in [1.29, 1.82) is 0 Å². The van der Waals surface area contributed by atoms with Gasteiger partial charge >= 0.3 is 0 Å². The van der Waals surface area contributed by atoms with Crippen molar-refractivity contribution in [3.8, 4) is 0 Å². The summed E-state index contributed by atoms with van der Waals surface area (Å²) in [5.41, 5.74) is 4.41. The lowest BCUT2D eigenvalue weighted by Gasteiger charge is -2.30. The van der Waals surface area contributed by atoms with Crippen molar-refractivity contribution in [3.63, 3.8) is 0 Å². The molecule has 1 saturated heterocycles. The highest BCUT2D eigenvalue weighted by Crippen LogP contribution is 2.52. The van der Waals surface area contributed by atoms with Gasteiger partial charge in [0.25, 0.3) is 0 Å². The number of fused-ring (bicyclic) bond motifs is 2. The first-order chi connectivity index (χ1) is 10.8. The number of hydrogen-bond donors (Lipinski definition) is 3. The van der Waals surface area contributed by atoms with Crippen LogP contribution in [0.25, 0.3) is 0 Å². The Morgan fingerprint density at radius 1 is 1.14 bits per heavy atom. The first kappa shape index (κ1) is 15.2. The van der Waals surface area contributed by atoms with E-state index in [1.54, 1.807) is 0 Å². The van der Waals surface area contributed by atoms with Crippen LogP contribution in [-0.2, 0) is 5.41 Å². The molecule has 1 aliphatic carbocycles. The van der Waals surface area contributed by atoms with Crippen molar-refractivity contribution in [2.75, 3.05) is 42.9 Å². The van der Waals surface area contributed by atoms with Crippen LogP contribution in [0.15, 0.2) is 30.6 Å². The lowest BCUT2D eigenvalue weighted by molar-refractivity contribution is 0.588. The molecule has 0 amide bonds. The zero-order valence-electron chi connectivity index (χ0n) is 13.8. The van der Waals surface area contributed by atoms with E-state index in [9.17, 15) is 0 Å². The molecule has 4 rings (SSSR count). The van der Waals surface area contributed by atoms with Crippen LogP contribution in [-0.4, -0.2) is 32.7 Å². The lowest BCUT2D eigenvalue weighted by Crippen LogP contribution is -2.43. The van der Waals surface area contributed by atoms with Gasteiger partial charge in [-0.2, -0.15) is 0 Å². The minimum absolute atomic E-state index is 0.339. The molecule has 0 unspecified atom stereocenters. The largest absolute Gasteiger partial charge is 0.371 e. The maximum Gasteiger partial charge on any atom is 0.0957 e. The quantitative estimate of drug-likeness (QED) is 0.745. The van der Waals surface area contributed by atoms with Gasteiger partial charge in [-0.15, -0.1) is 0 Å². The summed E-state index contributed by atoms with van der Waals surface area (Å²) in [6.07, 6.45) is 2.57. The first-order valence-electron chi connectivity index (χ1n) is 8.57. The summed E-state index contributed by atoms with van der Waals surface area (Å²) < 4.78 is 0. The van der Waals surface area contributed by atoms with Crippen LogP contribution in [0.2, 0.25) is 0 Å². The fourth-order valence-electron chi connectivity index (χ4n) is 3.37. The van der Waals surface area contributed by atoms with Crippen molar-refractivity contribution in [1.82, 2.24) is 10.6 Å². The molecule has 0 radical (unpaired) electrons. The van der Waals surface area contributed by atoms with Gasteiger partial charge in [0.15, 0.2) is 0 Å². The van der Waals surface area contributed by atoms with Crippen molar-refractivity contribution >= 4 is 11.4 Å². The average molecular weight is 300 g/mol. The summed E-state index contributed by atoms with van der Waals surface area (Å²) in [4.78, 5) is 2.49. The third kappa shape index (κ3) is 2.80. The van der Waals surface area contributed by atoms with Crippen LogP contribution in [0.3, 0.4) is 0 Å². The van der Waals surface area contributed by atoms with Gasteiger partial charge in [-0.1, -0.05) is 20.4 Å². The van der Waals surface area contributed by atoms with Gasteiger partial charge in [0.2, 0.25) is 0 Å². The maximum atomic E-state index is 4.04. The monoisotopic (exact) mass is 300 g/mol. The minimum atomic E-state index is 0.339. The number of hydrogen-bond acceptors (Lipinski definition) is 4. The van der Waals surface area contributed by atoms with Crippen molar-refractivity contribution in [2.24, 2.45) is 0 Å². The maximum absolute atomic E-state index is 4.04. The molecule has 1 aromatic rings. The summed E-state index contributed by atoms with van der Waals surface area (Å²) in [6.45, 7) is 13.4. The number of nitrogens with one attached hydrogen (secondary N) is 3. The second kappa shape index (κ2) is 6.21. The highest BCUT2D eigenvalue weighted by atomic mass is 15.2. The molecule has 1 aromatic carbocycles. The van der Waals surface area contributed by atoms with Crippen LogP contribution in [0, 0.1) is 0 Å². The highest BCUT2D eigenvalue weighted by molar-refractivity contribution is 5.67. The van der Waals surface area contributed by atoms with E-state index in [4.69, 9.17) is 0 Å². The van der Waals surface area contributed by atoms with E-state index in [0.717, 1.165) is 38.5 Å². The van der Waals surface area contributed by atoms with Crippen LogP contribution in [0.1, 0.15) is 32.3 Å². The number of nitrogens with zero attached hydrogens (tertiary/aromatic N) is 1. The molecule has 0 aromatic heterocycles. The molecule has 0 atom stereocenters. The Bertz CT molecular complexity index is 542. The molecule has 4 heteroatoms. The predicted molar refractivity (Wildman–Crippen MR) is 94.6 cm³/mol. The molecular formula is C18H28N4. The van der Waals surface area contributed by atoms with Crippen LogP contribution in [0.5, 0.6) is 0 Å². The Morgan fingerprint density at radius 2 is 1.86 bits per heavy atom. The first-order valence-corrected chi connectivity index (χ1v) is 8.57. The second-order valence-electron chi connectivity index (χ2n) is 6.20. The van der Waals surface area contributed by atoms with Gasteiger partial charge in [0, 0.05) is 49.5 Å². The zero-order chi connectivity index (χ0) is 15.6. The van der Waals surface area contributed by atoms with E-state index in [-0.39, 0.29) is 0 Å². The molecule has 3 N–H and O–H groups in total. The molecular weight excluding hydrogens is 272 g/mol. The third-order valence-corrected chi connectivity index (χ3v) is 4.84. The van der Waals surface area contributed by atoms with E-state index in [1.807, 2.05) is 13.8 Å². The Labute approximate surface area is 134 Å². The molecule has 2 aliphatic heterocycles. The van der Waals surface area contributed by atoms with Crippen molar-refractivity contribution < 1.29 is 0 Å². The summed E-state index contributed by atoms with van der Waals surface area (Å²) >= 11 is 0. The van der Waals surface area contributed by atoms with Gasteiger partial charge in [-0.3, -0.25) is 0 Å². The smallest absolute Gasteiger partial charge is 0.0957 e. The van der Waals surface area contributed by atoms with E-state index < -0.39 is 0 Å². The van der Waals surface area contributed by atoms with Crippen molar-refractivity contribution in [2.45, 2.75) is 32.1 Å². The number of anilines is 2. The van der Waals surface area contributed by atoms with Crippen LogP contribution in [0.4, 0.5) is 11.4 Å². The SMILES string of the molecule is C=C1NCC2(CC2)c2cc(N3CCNCC3)ccc2N1.CC. The molecule has 0 bridgehead atoms. The van der Waals surface area contributed by atoms with E-state index in [1.165, 1.54) is 29.8 Å². The van der Waals surface area contributed by atoms with Gasteiger partial charge < -0.3 is 20.9 Å². The van der Waals surface area contributed by atoms with Crippen LogP contribution >= 0.6 is 0 Å². The van der Waals surface area contributed by atoms with E-state index in [0.29, 0.717) is 5.41 Å². The lowest BCUT2D eigenvalue weighted by atomic mass is 9.93. The Balaban J connectivity index is 0.000000693. The molecule has 2 heterocycles. The predicted octanol–water partition coefficient (Wildman–Crippen LogP) is 2.64. The molecule has 2 fully saturated rings. The van der Waals surface area contributed by atoms with Gasteiger partial charge in [-0.25, -0.2) is 0 Å². The fraction of sp³-hybridized carbons (Fsp3) is 0.556. The van der Waals surface area contributed by atoms with E-state index >= 15 is 0 Å². The molecule has 3 aliphatic rings. The standard InChI is InChI=1S/C16H22N4.C2H6/c1-12-18-11-16(4-5-16)14-10-13(2-3-15(14)19-12)20-8-6-17-7-9-20;1-2/h2-3,10,17-19H,1,4-9,11H2;1-2H3. The third-order valence-electron chi connectivity index (χ3n) is 4.84. The topological polar surface area (TPSA) is 39.3 Å². The number of piperazine rings is 1. The molecule has 1 saturated carbocycles. The molecule has 4 nitrogen and oxygen atoms in total. The zero-order valence-corrected chi connectivity index (χ0v) is 13.8. The number of rotatable bonds is 1. The Kier molecular flexibility index (Phi) is 4.30. The van der Waals surface area contributed by atoms with Gasteiger partial charge in [0.05, 0.1) is 5.82 Å². The Hall–Kier alpha value is -1.68. The minimum Gasteiger partial charge on any atom is -0.371 e. The van der Waals surface area contributed by atoms with E-state index in [2.05, 4.69) is 45.6 Å². The average Bonchev–Trinajstić information content (AvgIpc) is 3.38. The normalized spacial score (nSPS) is 21.7. The second-order valence-corrected chi connectivity index (χ2v) is 6.20. The van der Waals surface area contributed by atoms with Crippen LogP contribution < -0.4 is 20.9 Å². The fourth-order valence-corrected chi connectivity index (χ4v) is 3.37. The molecule has 1 spiro atoms. The summed E-state index contributed by atoms with van der Waals surface area (Å²) in [5.74, 6) is 0.921.